The number of nitro groups is 1. The first-order chi connectivity index (χ1) is 9.93. The van der Waals surface area contributed by atoms with E-state index >= 15 is 0 Å². The molecule has 1 aromatic rings. The minimum atomic E-state index is -4.92. The fourth-order valence-electron chi connectivity index (χ4n) is 1.50. The van der Waals surface area contributed by atoms with Crippen LogP contribution in [-0.4, -0.2) is 48.6 Å². The van der Waals surface area contributed by atoms with E-state index in [1.54, 1.807) is 0 Å². The summed E-state index contributed by atoms with van der Waals surface area (Å²) in [5.41, 5.74) is -0.0547. The van der Waals surface area contributed by atoms with Gasteiger partial charge in [-0.2, -0.15) is 13.2 Å². The molecule has 1 atom stereocenters. The van der Waals surface area contributed by atoms with Crippen LogP contribution >= 0.6 is 0 Å². The van der Waals surface area contributed by atoms with E-state index in [2.05, 4.69) is 0 Å². The molecule has 1 rings (SSSR count). The Kier molecular flexibility index (Phi) is 5.49. The maximum Gasteiger partial charge on any atom is 0.415 e. The lowest BCUT2D eigenvalue weighted by molar-refractivity contribution is -0.384. The molecule has 0 saturated carbocycles. The van der Waals surface area contributed by atoms with Gasteiger partial charge >= 0.3 is 6.18 Å². The second-order valence-electron chi connectivity index (χ2n) is 4.52. The van der Waals surface area contributed by atoms with Crippen molar-refractivity contribution in [3.05, 3.63) is 39.9 Å². The average Bonchev–Trinajstić information content (AvgIpc) is 2.37. The predicted molar refractivity (Wildman–Crippen MR) is 70.4 cm³/mol. The van der Waals surface area contributed by atoms with Crippen molar-refractivity contribution in [1.82, 2.24) is 4.31 Å². The number of hydrogen-bond acceptors (Lipinski definition) is 5. The largest absolute Gasteiger partial charge is 0.415 e. The van der Waals surface area contributed by atoms with E-state index in [0.29, 0.717) is 4.31 Å². The van der Waals surface area contributed by atoms with E-state index in [-0.39, 0.29) is 11.3 Å². The van der Waals surface area contributed by atoms with Gasteiger partial charge in [-0.1, -0.05) is 12.1 Å². The number of non-ortho nitro benzene ring substituents is 1. The number of nitro benzene ring substituents is 1. The number of aliphatic hydroxyl groups is 1. The third kappa shape index (κ3) is 4.93. The van der Waals surface area contributed by atoms with Crippen LogP contribution in [0.5, 0.6) is 0 Å². The molecular weight excluding hydrogens is 329 g/mol. The van der Waals surface area contributed by atoms with Crippen LogP contribution in [0.25, 0.3) is 0 Å². The first kappa shape index (κ1) is 18.3. The molecule has 0 fully saturated rings. The molecule has 11 heteroatoms. The molecule has 1 N–H and O–H groups in total. The second-order valence-corrected chi connectivity index (χ2v) is 6.59. The van der Waals surface area contributed by atoms with E-state index in [1.807, 2.05) is 0 Å². The van der Waals surface area contributed by atoms with Crippen molar-refractivity contribution in [2.45, 2.75) is 18.0 Å². The van der Waals surface area contributed by atoms with Crippen LogP contribution in [0.2, 0.25) is 0 Å². The second kappa shape index (κ2) is 6.58. The van der Waals surface area contributed by atoms with Crippen LogP contribution in [0.15, 0.2) is 24.3 Å². The van der Waals surface area contributed by atoms with Gasteiger partial charge in [0.2, 0.25) is 10.0 Å². The van der Waals surface area contributed by atoms with Crippen molar-refractivity contribution >= 4 is 15.7 Å². The summed E-state index contributed by atoms with van der Waals surface area (Å²) >= 11 is 0. The highest BCUT2D eigenvalue weighted by atomic mass is 32.2. The number of hydrogen-bond donors (Lipinski definition) is 1. The zero-order chi connectivity index (χ0) is 17.1. The molecule has 0 radical (unpaired) electrons. The van der Waals surface area contributed by atoms with Crippen molar-refractivity contribution in [2.24, 2.45) is 0 Å². The Morgan fingerprint density at radius 2 is 1.82 bits per heavy atom. The third-order valence-corrected chi connectivity index (χ3v) is 4.58. The highest BCUT2D eigenvalue weighted by Gasteiger charge is 2.40. The summed E-state index contributed by atoms with van der Waals surface area (Å²) in [6.45, 7) is -1.13. The van der Waals surface area contributed by atoms with E-state index in [4.69, 9.17) is 5.11 Å². The van der Waals surface area contributed by atoms with E-state index < -0.39 is 39.5 Å². The van der Waals surface area contributed by atoms with Gasteiger partial charge in [0, 0.05) is 25.7 Å². The van der Waals surface area contributed by atoms with Crippen molar-refractivity contribution in [2.75, 3.05) is 13.6 Å². The molecule has 0 heterocycles. The molecule has 7 nitrogen and oxygen atoms in total. The molecule has 0 amide bonds. The predicted octanol–water partition coefficient (Wildman–Crippen LogP) is 1.28. The monoisotopic (exact) mass is 342 g/mol. The molecular formula is C11H13F3N2O5S. The summed E-state index contributed by atoms with van der Waals surface area (Å²) in [5, 5.41) is 19.3. The van der Waals surface area contributed by atoms with Gasteiger partial charge < -0.3 is 5.11 Å². The normalized spacial score (nSPS) is 14.1. The molecule has 0 aliphatic rings. The molecule has 0 unspecified atom stereocenters. The topological polar surface area (TPSA) is 101 Å². The summed E-state index contributed by atoms with van der Waals surface area (Å²) in [6.07, 6.45) is -7.71. The summed E-state index contributed by atoms with van der Waals surface area (Å²) in [7, 11) is -3.19. The molecule has 124 valence electrons. The molecule has 0 aliphatic heterocycles. The highest BCUT2D eigenvalue weighted by Crippen LogP contribution is 2.22. The zero-order valence-electron chi connectivity index (χ0n) is 11.3. The van der Waals surface area contributed by atoms with Crippen LogP contribution in [-0.2, 0) is 15.8 Å². The molecule has 22 heavy (non-hydrogen) atoms. The highest BCUT2D eigenvalue weighted by molar-refractivity contribution is 7.88. The van der Waals surface area contributed by atoms with Crippen molar-refractivity contribution in [3.63, 3.8) is 0 Å². The van der Waals surface area contributed by atoms with E-state index in [0.717, 1.165) is 19.2 Å². The lowest BCUT2D eigenvalue weighted by Crippen LogP contribution is -2.42. The zero-order valence-corrected chi connectivity index (χ0v) is 12.1. The first-order valence-electron chi connectivity index (χ1n) is 5.85. The van der Waals surface area contributed by atoms with E-state index in [1.165, 1.54) is 12.1 Å². The van der Waals surface area contributed by atoms with Gasteiger partial charge in [0.25, 0.3) is 5.69 Å². The summed E-state index contributed by atoms with van der Waals surface area (Å²) in [5.74, 6) is -0.633. The van der Waals surface area contributed by atoms with Gasteiger partial charge in [0.05, 0.1) is 10.7 Å². The fourth-order valence-corrected chi connectivity index (χ4v) is 2.70. The Hall–Kier alpha value is -1.72. The Bertz CT molecular complexity index is 630. The molecule has 0 aliphatic carbocycles. The number of rotatable bonds is 6. The lowest BCUT2D eigenvalue weighted by Gasteiger charge is -2.22. The minimum Gasteiger partial charge on any atom is -0.382 e. The number of halogens is 3. The SMILES string of the molecule is CN(C[C@@H](O)C(F)(F)F)S(=O)(=O)Cc1ccc([N+](=O)[O-])cc1. The summed E-state index contributed by atoms with van der Waals surface area (Å²) < 4.78 is 60.8. The lowest BCUT2D eigenvalue weighted by atomic mass is 10.2. The standard InChI is InChI=1S/C11H13F3N2O5S/c1-15(6-10(17)11(12,13)14)22(20,21)7-8-2-4-9(5-3-8)16(18)19/h2-5,10,17H,6-7H2,1H3/t10-/m1/s1. The Morgan fingerprint density at radius 3 is 2.23 bits per heavy atom. The maximum absolute atomic E-state index is 12.2. The molecule has 0 aromatic heterocycles. The Labute approximate surface area is 124 Å². The van der Waals surface area contributed by atoms with Gasteiger partial charge in [-0.25, -0.2) is 12.7 Å². The number of nitrogens with zero attached hydrogens (tertiary/aromatic N) is 2. The number of likely N-dealkylation sites (N-methyl/N-ethyl adjacent to an activating group) is 1. The fraction of sp³-hybridized carbons (Fsp3) is 0.455. The third-order valence-electron chi connectivity index (χ3n) is 2.78. The summed E-state index contributed by atoms with van der Waals surface area (Å²) in [4.78, 5) is 9.80. The van der Waals surface area contributed by atoms with Crippen LogP contribution in [0.4, 0.5) is 18.9 Å². The van der Waals surface area contributed by atoms with Gasteiger partial charge in [-0.05, 0) is 5.56 Å². The minimum absolute atomic E-state index is 0.180. The Morgan fingerprint density at radius 1 is 1.32 bits per heavy atom. The number of benzene rings is 1. The van der Waals surface area contributed by atoms with Crippen molar-refractivity contribution in [1.29, 1.82) is 0 Å². The number of sulfonamides is 1. The average molecular weight is 342 g/mol. The van der Waals surface area contributed by atoms with Crippen LogP contribution in [0, 0.1) is 10.1 Å². The molecule has 0 bridgehead atoms. The van der Waals surface area contributed by atoms with Crippen molar-refractivity contribution in [3.8, 4) is 0 Å². The maximum atomic E-state index is 12.2. The van der Waals surface area contributed by atoms with Crippen LogP contribution in [0.1, 0.15) is 5.56 Å². The smallest absolute Gasteiger partial charge is 0.382 e. The van der Waals surface area contributed by atoms with Crippen molar-refractivity contribution < 1.29 is 31.6 Å². The molecule has 0 saturated heterocycles. The van der Waals surface area contributed by atoms with Gasteiger partial charge in [-0.3, -0.25) is 10.1 Å². The van der Waals surface area contributed by atoms with Gasteiger partial charge in [0.1, 0.15) is 0 Å². The quantitative estimate of drug-likeness (QED) is 0.620. The van der Waals surface area contributed by atoms with Gasteiger partial charge in [-0.15, -0.1) is 0 Å². The first-order valence-corrected chi connectivity index (χ1v) is 7.46. The Balaban J connectivity index is 2.80. The molecule has 1 aromatic carbocycles. The number of alkyl halides is 3. The van der Waals surface area contributed by atoms with Crippen LogP contribution in [0.3, 0.4) is 0 Å². The summed E-state index contributed by atoms with van der Waals surface area (Å²) in [6, 6.07) is 4.58. The van der Waals surface area contributed by atoms with Gasteiger partial charge in [0.15, 0.2) is 6.10 Å². The van der Waals surface area contributed by atoms with Crippen LogP contribution < -0.4 is 0 Å². The molecule has 0 spiro atoms. The van der Waals surface area contributed by atoms with E-state index in [9.17, 15) is 31.7 Å². The number of aliphatic hydroxyl groups excluding tert-OH is 1.